The van der Waals surface area contributed by atoms with Crippen LogP contribution in [0.3, 0.4) is 0 Å². The van der Waals surface area contributed by atoms with Crippen molar-refractivity contribution in [1.82, 2.24) is 0 Å². The molecule has 0 aromatic heterocycles. The summed E-state index contributed by atoms with van der Waals surface area (Å²) in [5.41, 5.74) is 6.93. The highest BCUT2D eigenvalue weighted by atomic mass is 35.5. The average molecular weight is 445 g/mol. The second-order valence-corrected chi connectivity index (χ2v) is 8.93. The van der Waals surface area contributed by atoms with Gasteiger partial charge in [0.1, 0.15) is 5.83 Å². The fourth-order valence-electron chi connectivity index (χ4n) is 3.87. The van der Waals surface area contributed by atoms with Gasteiger partial charge in [0.25, 0.3) is 0 Å². The van der Waals surface area contributed by atoms with Crippen LogP contribution in [-0.4, -0.2) is 0 Å². The van der Waals surface area contributed by atoms with E-state index in [9.17, 15) is 0 Å². The van der Waals surface area contributed by atoms with Crippen LogP contribution in [0.4, 0.5) is 4.39 Å². The van der Waals surface area contributed by atoms with E-state index in [1.54, 1.807) is 0 Å². The molecule has 1 aromatic carbocycles. The minimum absolute atomic E-state index is 0.00669. The molecule has 1 unspecified atom stereocenters. The fourth-order valence-corrected chi connectivity index (χ4v) is 4.04. The Morgan fingerprint density at radius 1 is 1.06 bits per heavy atom. The summed E-state index contributed by atoms with van der Waals surface area (Å²) in [5, 5.41) is 0.761. The van der Waals surface area contributed by atoms with Gasteiger partial charge in [0.05, 0.1) is 0 Å². The van der Waals surface area contributed by atoms with E-state index in [0.717, 1.165) is 61.1 Å². The molecule has 2 heteroatoms. The van der Waals surface area contributed by atoms with Gasteiger partial charge >= 0.3 is 0 Å². The maximum Gasteiger partial charge on any atom is 0.104 e. The maximum absolute atomic E-state index is 15.2. The zero-order valence-corrected chi connectivity index (χ0v) is 21.3. The number of aryl methyl sites for hydroxylation is 1. The molecule has 0 heterocycles. The lowest BCUT2D eigenvalue weighted by atomic mass is 9.83. The molecule has 0 fully saturated rings. The van der Waals surface area contributed by atoms with Crippen LogP contribution in [0.15, 0.2) is 59.5 Å². The summed E-state index contributed by atoms with van der Waals surface area (Å²) in [6.07, 6.45) is 11.4. The van der Waals surface area contributed by atoms with Crippen LogP contribution in [-0.2, 0) is 6.42 Å². The highest BCUT2D eigenvalue weighted by Crippen LogP contribution is 2.37. The molecule has 0 bridgehead atoms. The van der Waals surface area contributed by atoms with E-state index in [0.29, 0.717) is 6.42 Å². The zero-order chi connectivity index (χ0) is 23.4. The van der Waals surface area contributed by atoms with Gasteiger partial charge in [-0.3, -0.25) is 0 Å². The fraction of sp³-hybridized carbons (Fsp3) is 0.517. The SMILES string of the molecule is C=C(/C=C\C(=C(\F)CCC)C(C)/C(C)=C(\CCCC)c1cc(Cl)ccc1CCC)CC. The van der Waals surface area contributed by atoms with Crippen molar-refractivity contribution >= 4 is 17.2 Å². The lowest BCUT2D eigenvalue weighted by molar-refractivity contribution is 0.559. The van der Waals surface area contributed by atoms with E-state index in [1.165, 1.54) is 22.3 Å². The molecular weight excluding hydrogens is 403 g/mol. The number of hydrogen-bond donors (Lipinski definition) is 0. The quantitative estimate of drug-likeness (QED) is 0.265. The van der Waals surface area contributed by atoms with Crippen molar-refractivity contribution in [2.75, 3.05) is 0 Å². The lowest BCUT2D eigenvalue weighted by Gasteiger charge is -2.23. The van der Waals surface area contributed by atoms with Crippen molar-refractivity contribution in [3.63, 3.8) is 0 Å². The highest BCUT2D eigenvalue weighted by molar-refractivity contribution is 6.30. The summed E-state index contributed by atoms with van der Waals surface area (Å²) in [5.74, 6) is -0.0167. The van der Waals surface area contributed by atoms with Crippen molar-refractivity contribution in [2.45, 2.75) is 92.9 Å². The second-order valence-electron chi connectivity index (χ2n) is 8.49. The molecule has 1 atom stereocenters. The topological polar surface area (TPSA) is 0 Å². The molecule has 0 nitrogen and oxygen atoms in total. The minimum atomic E-state index is -0.00998. The van der Waals surface area contributed by atoms with Crippen LogP contribution in [0.2, 0.25) is 5.02 Å². The van der Waals surface area contributed by atoms with E-state index in [1.807, 2.05) is 25.1 Å². The van der Waals surface area contributed by atoms with Gasteiger partial charge in [0.2, 0.25) is 0 Å². The molecule has 0 N–H and O–H groups in total. The Hall–Kier alpha value is -1.60. The predicted molar refractivity (Wildman–Crippen MR) is 138 cm³/mol. The third kappa shape index (κ3) is 8.45. The highest BCUT2D eigenvalue weighted by Gasteiger charge is 2.19. The smallest absolute Gasteiger partial charge is 0.104 e. The molecule has 0 aliphatic heterocycles. The summed E-state index contributed by atoms with van der Waals surface area (Å²) in [7, 11) is 0. The number of hydrogen-bond acceptors (Lipinski definition) is 0. The van der Waals surface area contributed by atoms with Crippen LogP contribution in [0.25, 0.3) is 5.57 Å². The molecular formula is C29H42ClF. The van der Waals surface area contributed by atoms with Crippen LogP contribution in [0.5, 0.6) is 0 Å². The van der Waals surface area contributed by atoms with Crippen LogP contribution in [0, 0.1) is 5.92 Å². The summed E-state index contributed by atoms with van der Waals surface area (Å²) in [6.45, 7) is 16.9. The van der Waals surface area contributed by atoms with E-state index in [4.69, 9.17) is 11.6 Å². The first-order valence-electron chi connectivity index (χ1n) is 12.0. The summed E-state index contributed by atoms with van der Waals surface area (Å²) < 4.78 is 15.2. The first-order chi connectivity index (χ1) is 14.8. The Kier molecular flexibility index (Phi) is 12.8. The largest absolute Gasteiger partial charge is 0.212 e. The van der Waals surface area contributed by atoms with Crippen molar-refractivity contribution in [1.29, 1.82) is 0 Å². The van der Waals surface area contributed by atoms with Crippen molar-refractivity contribution < 1.29 is 4.39 Å². The molecule has 0 aliphatic rings. The van der Waals surface area contributed by atoms with Gasteiger partial charge in [-0.25, -0.2) is 4.39 Å². The summed E-state index contributed by atoms with van der Waals surface area (Å²) in [6, 6.07) is 6.25. The van der Waals surface area contributed by atoms with E-state index in [2.05, 4.69) is 53.3 Å². The Morgan fingerprint density at radius 3 is 2.35 bits per heavy atom. The van der Waals surface area contributed by atoms with Crippen molar-refractivity contribution in [2.24, 2.45) is 5.92 Å². The molecule has 0 amide bonds. The first-order valence-corrected chi connectivity index (χ1v) is 12.4. The number of halogens is 2. The van der Waals surface area contributed by atoms with Gasteiger partial charge < -0.3 is 0 Å². The Morgan fingerprint density at radius 2 is 1.77 bits per heavy atom. The molecule has 31 heavy (non-hydrogen) atoms. The van der Waals surface area contributed by atoms with Crippen LogP contribution in [0.1, 0.15) is 97.6 Å². The monoisotopic (exact) mass is 444 g/mol. The minimum Gasteiger partial charge on any atom is -0.212 e. The molecule has 0 saturated heterocycles. The molecule has 1 aromatic rings. The molecule has 172 valence electrons. The number of benzene rings is 1. The number of rotatable bonds is 13. The number of allylic oxidation sites excluding steroid dienone is 7. The van der Waals surface area contributed by atoms with Gasteiger partial charge in [0, 0.05) is 10.9 Å². The standard InChI is InChI=1S/C29H42ClF/c1-8-12-15-26(28-20-25(30)18-17-24(28)13-9-2)22(6)23(7)27(29(31)14-10-3)19-16-21(5)11-4/h16-20,23H,5,8-15H2,1-4,6-7H3/b19-16-,26-22+,29-27-. The van der Waals surface area contributed by atoms with Gasteiger partial charge in [-0.1, -0.05) is 95.0 Å². The molecule has 0 saturated carbocycles. The summed E-state index contributed by atoms with van der Waals surface area (Å²) >= 11 is 6.42. The maximum atomic E-state index is 15.2. The van der Waals surface area contributed by atoms with Crippen molar-refractivity contribution in [3.8, 4) is 0 Å². The molecule has 0 aliphatic carbocycles. The second kappa shape index (κ2) is 14.5. The van der Waals surface area contributed by atoms with Gasteiger partial charge in [0.15, 0.2) is 0 Å². The average Bonchev–Trinajstić information content (AvgIpc) is 2.75. The molecule has 1 rings (SSSR count). The van der Waals surface area contributed by atoms with Gasteiger partial charge in [-0.15, -0.1) is 0 Å². The normalized spacial score (nSPS) is 14.5. The predicted octanol–water partition coefficient (Wildman–Crippen LogP) is 10.4. The first kappa shape index (κ1) is 27.4. The van der Waals surface area contributed by atoms with E-state index < -0.39 is 0 Å². The third-order valence-electron chi connectivity index (χ3n) is 6.02. The molecule has 0 radical (unpaired) electrons. The third-order valence-corrected chi connectivity index (χ3v) is 6.26. The van der Waals surface area contributed by atoms with E-state index >= 15 is 4.39 Å². The number of unbranched alkanes of at least 4 members (excludes halogenated alkanes) is 1. The Bertz CT molecular complexity index is 810. The van der Waals surface area contributed by atoms with Crippen LogP contribution < -0.4 is 0 Å². The van der Waals surface area contributed by atoms with Crippen LogP contribution >= 0.6 is 11.6 Å². The molecule has 0 spiro atoms. The Balaban J connectivity index is 3.62. The van der Waals surface area contributed by atoms with Gasteiger partial charge in [-0.2, -0.15) is 0 Å². The zero-order valence-electron chi connectivity index (χ0n) is 20.6. The lowest BCUT2D eigenvalue weighted by Crippen LogP contribution is -2.06. The summed E-state index contributed by atoms with van der Waals surface area (Å²) in [4.78, 5) is 0. The van der Waals surface area contributed by atoms with Gasteiger partial charge in [-0.05, 0) is 79.9 Å². The Labute approximate surface area is 196 Å². The van der Waals surface area contributed by atoms with Crippen molar-refractivity contribution in [3.05, 3.63) is 75.6 Å². The van der Waals surface area contributed by atoms with E-state index in [-0.39, 0.29) is 11.7 Å².